The van der Waals surface area contributed by atoms with E-state index in [0.717, 1.165) is 17.1 Å². The Balaban J connectivity index is 1.96. The van der Waals surface area contributed by atoms with Crippen molar-refractivity contribution in [3.05, 3.63) is 54.2 Å². The fraction of sp³-hybridized carbons (Fsp3) is 0.0625. The zero-order chi connectivity index (χ0) is 14.7. The maximum atomic E-state index is 11.0. The van der Waals surface area contributed by atoms with E-state index in [0.29, 0.717) is 23.1 Å². The molecule has 104 valence electrons. The minimum atomic E-state index is 0.459. The molecule has 0 amide bonds. The lowest BCUT2D eigenvalue weighted by atomic mass is 10.1. The highest BCUT2D eigenvalue weighted by Gasteiger charge is 2.04. The summed E-state index contributed by atoms with van der Waals surface area (Å²) in [6.07, 6.45) is 2.48. The normalized spacial score (nSPS) is 10.3. The number of rotatable bonds is 4. The van der Waals surface area contributed by atoms with E-state index in [-0.39, 0.29) is 0 Å². The topological polar surface area (TPSA) is 64.1 Å². The number of anilines is 1. The number of carbonyl (C=O) groups excluding carboxylic acids is 1. The van der Waals surface area contributed by atoms with Crippen LogP contribution in [0.1, 0.15) is 10.4 Å². The van der Waals surface area contributed by atoms with Crippen LogP contribution in [-0.2, 0) is 0 Å². The molecular formula is C16H13N3O2. The Kier molecular flexibility index (Phi) is 3.47. The van der Waals surface area contributed by atoms with Crippen LogP contribution in [0.4, 0.5) is 5.95 Å². The van der Waals surface area contributed by atoms with Crippen molar-refractivity contribution in [3.8, 4) is 11.6 Å². The van der Waals surface area contributed by atoms with Crippen molar-refractivity contribution in [3.63, 3.8) is 0 Å². The largest absolute Gasteiger partial charge is 0.439 e. The number of nitrogens with one attached hydrogen (secondary N) is 1. The predicted molar refractivity (Wildman–Crippen MR) is 81.0 cm³/mol. The van der Waals surface area contributed by atoms with Gasteiger partial charge in [-0.05, 0) is 29.0 Å². The van der Waals surface area contributed by atoms with E-state index < -0.39 is 0 Å². The molecule has 0 fully saturated rings. The first kappa shape index (κ1) is 13.1. The van der Waals surface area contributed by atoms with E-state index in [4.69, 9.17) is 4.74 Å². The Morgan fingerprint density at radius 3 is 2.90 bits per heavy atom. The Labute approximate surface area is 121 Å². The summed E-state index contributed by atoms with van der Waals surface area (Å²) in [7, 11) is 1.75. The maximum absolute atomic E-state index is 11.0. The van der Waals surface area contributed by atoms with E-state index in [1.807, 2.05) is 30.3 Å². The zero-order valence-electron chi connectivity index (χ0n) is 11.4. The van der Waals surface area contributed by atoms with Gasteiger partial charge in [-0.1, -0.05) is 18.2 Å². The van der Waals surface area contributed by atoms with Crippen LogP contribution in [0.2, 0.25) is 0 Å². The minimum Gasteiger partial charge on any atom is -0.439 e. The van der Waals surface area contributed by atoms with Gasteiger partial charge in [0.25, 0.3) is 0 Å². The Morgan fingerprint density at radius 1 is 1.19 bits per heavy atom. The van der Waals surface area contributed by atoms with E-state index in [9.17, 15) is 4.79 Å². The van der Waals surface area contributed by atoms with Gasteiger partial charge in [-0.15, -0.1) is 0 Å². The van der Waals surface area contributed by atoms with Crippen molar-refractivity contribution in [2.45, 2.75) is 0 Å². The Hall–Kier alpha value is -2.95. The van der Waals surface area contributed by atoms with Crippen molar-refractivity contribution in [1.82, 2.24) is 9.97 Å². The molecule has 3 rings (SSSR count). The number of ether oxygens (including phenoxy) is 1. The summed E-state index contributed by atoms with van der Waals surface area (Å²) in [6, 6.07) is 12.8. The number of hydrogen-bond acceptors (Lipinski definition) is 5. The molecule has 21 heavy (non-hydrogen) atoms. The molecule has 1 N–H and O–H groups in total. The van der Waals surface area contributed by atoms with Crippen molar-refractivity contribution >= 4 is 23.0 Å². The van der Waals surface area contributed by atoms with Gasteiger partial charge in [0.1, 0.15) is 5.75 Å². The minimum absolute atomic E-state index is 0.459. The molecule has 0 spiro atoms. The van der Waals surface area contributed by atoms with Crippen LogP contribution in [-0.4, -0.2) is 23.3 Å². The predicted octanol–water partition coefficient (Wildman–Crippen LogP) is 3.28. The van der Waals surface area contributed by atoms with Crippen molar-refractivity contribution in [2.24, 2.45) is 0 Å². The Morgan fingerprint density at radius 2 is 2.10 bits per heavy atom. The second-order valence-electron chi connectivity index (χ2n) is 4.42. The quantitative estimate of drug-likeness (QED) is 0.742. The van der Waals surface area contributed by atoms with E-state index in [1.54, 1.807) is 25.4 Å². The summed E-state index contributed by atoms with van der Waals surface area (Å²) in [5.41, 5.74) is 0.665. The molecule has 5 nitrogen and oxygen atoms in total. The van der Waals surface area contributed by atoms with Gasteiger partial charge in [0.15, 0.2) is 6.29 Å². The van der Waals surface area contributed by atoms with E-state index >= 15 is 0 Å². The monoisotopic (exact) mass is 279 g/mol. The van der Waals surface area contributed by atoms with Crippen LogP contribution in [0.15, 0.2) is 48.7 Å². The first-order valence-corrected chi connectivity index (χ1v) is 6.47. The molecule has 0 unspecified atom stereocenters. The summed E-state index contributed by atoms with van der Waals surface area (Å²) >= 11 is 0. The fourth-order valence-electron chi connectivity index (χ4n) is 2.09. The van der Waals surface area contributed by atoms with Crippen LogP contribution in [0, 0.1) is 0 Å². The summed E-state index contributed by atoms with van der Waals surface area (Å²) in [5, 5.41) is 4.70. The van der Waals surface area contributed by atoms with Crippen LogP contribution in [0.5, 0.6) is 11.6 Å². The van der Waals surface area contributed by atoms with Gasteiger partial charge in [-0.3, -0.25) is 4.79 Å². The van der Waals surface area contributed by atoms with Gasteiger partial charge < -0.3 is 10.1 Å². The lowest BCUT2D eigenvalue weighted by Gasteiger charge is -2.07. The molecule has 0 aliphatic rings. The molecule has 0 aliphatic carbocycles. The fourth-order valence-corrected chi connectivity index (χ4v) is 2.09. The molecule has 0 atom stereocenters. The first-order chi connectivity index (χ1) is 10.3. The van der Waals surface area contributed by atoms with Crippen LogP contribution < -0.4 is 10.1 Å². The highest BCUT2D eigenvalue weighted by atomic mass is 16.5. The first-order valence-electron chi connectivity index (χ1n) is 6.47. The number of nitrogens with zero attached hydrogens (tertiary/aromatic N) is 2. The summed E-state index contributed by atoms with van der Waals surface area (Å²) in [4.78, 5) is 19.2. The SMILES string of the molecule is CNc1nccc(Oc2ccc3c(C=O)cccc3c2)n1. The highest BCUT2D eigenvalue weighted by molar-refractivity contribution is 5.98. The molecule has 3 aromatic rings. The van der Waals surface area contributed by atoms with E-state index in [2.05, 4.69) is 15.3 Å². The summed E-state index contributed by atoms with van der Waals surface area (Å²) in [5.74, 6) is 1.61. The number of hydrogen-bond donors (Lipinski definition) is 1. The standard InChI is InChI=1S/C16H13N3O2/c1-17-16-18-8-7-15(19-16)21-13-5-6-14-11(9-13)3-2-4-12(14)10-20/h2-10H,1H3,(H,17,18,19). The third-order valence-corrected chi connectivity index (χ3v) is 3.09. The van der Waals surface area contributed by atoms with Crippen LogP contribution in [0.3, 0.4) is 0 Å². The van der Waals surface area contributed by atoms with Gasteiger partial charge in [-0.25, -0.2) is 4.98 Å². The molecular weight excluding hydrogens is 266 g/mol. The highest BCUT2D eigenvalue weighted by Crippen LogP contribution is 2.26. The summed E-state index contributed by atoms with van der Waals surface area (Å²) in [6.45, 7) is 0. The van der Waals surface area contributed by atoms with Gasteiger partial charge in [-0.2, -0.15) is 4.98 Å². The second-order valence-corrected chi connectivity index (χ2v) is 4.42. The smallest absolute Gasteiger partial charge is 0.225 e. The van der Waals surface area contributed by atoms with Crippen LogP contribution in [0.25, 0.3) is 10.8 Å². The van der Waals surface area contributed by atoms with Crippen molar-refractivity contribution < 1.29 is 9.53 Å². The lowest BCUT2D eigenvalue weighted by molar-refractivity contribution is 0.112. The third kappa shape index (κ3) is 2.67. The Bertz CT molecular complexity index is 802. The number of carbonyl (C=O) groups is 1. The van der Waals surface area contributed by atoms with Crippen molar-refractivity contribution in [2.75, 3.05) is 12.4 Å². The summed E-state index contributed by atoms with van der Waals surface area (Å²) < 4.78 is 5.72. The van der Waals surface area contributed by atoms with Gasteiger partial charge in [0.2, 0.25) is 11.8 Å². The molecule has 0 saturated carbocycles. The number of aromatic nitrogens is 2. The number of aldehydes is 1. The molecule has 0 radical (unpaired) electrons. The van der Waals surface area contributed by atoms with Gasteiger partial charge in [0.05, 0.1) is 0 Å². The molecule has 1 aromatic heterocycles. The average molecular weight is 279 g/mol. The molecule has 0 aliphatic heterocycles. The lowest BCUT2D eigenvalue weighted by Crippen LogP contribution is -1.97. The van der Waals surface area contributed by atoms with E-state index in [1.165, 1.54) is 0 Å². The molecule has 2 aromatic carbocycles. The third-order valence-electron chi connectivity index (χ3n) is 3.09. The van der Waals surface area contributed by atoms with Crippen molar-refractivity contribution in [1.29, 1.82) is 0 Å². The zero-order valence-corrected chi connectivity index (χ0v) is 11.4. The molecule has 0 saturated heterocycles. The maximum Gasteiger partial charge on any atom is 0.225 e. The second kappa shape index (κ2) is 5.58. The number of fused-ring (bicyclic) bond motifs is 1. The van der Waals surface area contributed by atoms with Gasteiger partial charge in [0, 0.05) is 24.9 Å². The van der Waals surface area contributed by atoms with Gasteiger partial charge >= 0.3 is 0 Å². The molecule has 5 heteroatoms. The average Bonchev–Trinajstić information content (AvgIpc) is 2.54. The molecule has 1 heterocycles. The molecule has 0 bridgehead atoms. The number of benzene rings is 2. The van der Waals surface area contributed by atoms with Crippen LogP contribution >= 0.6 is 0 Å².